The van der Waals surface area contributed by atoms with Crippen molar-refractivity contribution < 1.29 is 4.79 Å². The number of anilines is 1. The zero-order valence-corrected chi connectivity index (χ0v) is 10.5. The van der Waals surface area contributed by atoms with E-state index in [4.69, 9.17) is 23.2 Å². The van der Waals surface area contributed by atoms with E-state index in [1.54, 1.807) is 4.90 Å². The lowest BCUT2D eigenvalue weighted by molar-refractivity contribution is -0.117. The highest BCUT2D eigenvalue weighted by Crippen LogP contribution is 2.33. The molecule has 3 nitrogen and oxygen atoms in total. The van der Waals surface area contributed by atoms with Gasteiger partial charge in [0, 0.05) is 18.8 Å². The molecule has 1 unspecified atom stereocenters. The van der Waals surface area contributed by atoms with Crippen LogP contribution in [-0.2, 0) is 4.79 Å². The fourth-order valence-corrected chi connectivity index (χ4v) is 2.83. The molecule has 0 spiro atoms. The summed E-state index contributed by atoms with van der Waals surface area (Å²) in [5.74, 6) is 0.841. The number of aryl methyl sites for hydroxylation is 1. The van der Waals surface area contributed by atoms with Gasteiger partial charge >= 0.3 is 0 Å². The van der Waals surface area contributed by atoms with E-state index in [9.17, 15) is 4.79 Å². The maximum Gasteiger partial charge on any atom is 0.229 e. The number of carbonyl (C=O) groups excluding carboxylic acids is 1. The molecule has 0 aliphatic carbocycles. The molecule has 6 heteroatoms. The third kappa shape index (κ3) is 2.12. The number of amides is 1. The molecule has 0 radical (unpaired) electrons. The highest BCUT2D eigenvalue weighted by Gasteiger charge is 2.31. The Hall–Kier alpha value is -0.320. The average Bonchev–Trinajstić information content (AvgIpc) is 2.71. The number of nitrogens with zero attached hydrogens (tertiary/aromatic N) is 2. The summed E-state index contributed by atoms with van der Waals surface area (Å²) < 4.78 is 0.645. The zero-order valence-electron chi connectivity index (χ0n) is 8.17. The van der Waals surface area contributed by atoms with Crippen LogP contribution in [0.25, 0.3) is 0 Å². The largest absolute Gasteiger partial charge is 0.288 e. The number of alkyl halides is 1. The third-order valence-electron chi connectivity index (χ3n) is 2.38. The Morgan fingerprint density at radius 1 is 1.67 bits per heavy atom. The third-order valence-corrected chi connectivity index (χ3v) is 4.29. The first-order valence-corrected chi connectivity index (χ1v) is 6.34. The Balaban J connectivity index is 2.21. The molecule has 0 aromatic carbocycles. The first-order chi connectivity index (χ1) is 7.11. The summed E-state index contributed by atoms with van der Waals surface area (Å²) in [5, 5.41) is 0.690. The summed E-state index contributed by atoms with van der Waals surface area (Å²) in [6.45, 7) is 2.49. The van der Waals surface area contributed by atoms with Crippen LogP contribution in [0.2, 0.25) is 4.34 Å². The van der Waals surface area contributed by atoms with Crippen molar-refractivity contribution in [3.8, 4) is 0 Å². The summed E-state index contributed by atoms with van der Waals surface area (Å²) in [7, 11) is 0. The van der Waals surface area contributed by atoms with E-state index < -0.39 is 0 Å². The van der Waals surface area contributed by atoms with E-state index >= 15 is 0 Å². The van der Waals surface area contributed by atoms with E-state index in [-0.39, 0.29) is 11.8 Å². The molecule has 1 atom stereocenters. The van der Waals surface area contributed by atoms with Gasteiger partial charge in [-0.1, -0.05) is 22.9 Å². The van der Waals surface area contributed by atoms with Gasteiger partial charge in [0.1, 0.15) is 4.34 Å². The van der Waals surface area contributed by atoms with Gasteiger partial charge in [-0.05, 0) is 12.8 Å². The van der Waals surface area contributed by atoms with Crippen LogP contribution in [0.1, 0.15) is 12.1 Å². The van der Waals surface area contributed by atoms with E-state index in [0.29, 0.717) is 28.3 Å². The van der Waals surface area contributed by atoms with Crippen molar-refractivity contribution in [3.63, 3.8) is 0 Å². The Bertz CT molecular complexity index is 374. The van der Waals surface area contributed by atoms with Crippen molar-refractivity contribution in [1.29, 1.82) is 0 Å². The van der Waals surface area contributed by atoms with Gasteiger partial charge in [-0.15, -0.1) is 11.6 Å². The Morgan fingerprint density at radius 3 is 2.87 bits per heavy atom. The minimum Gasteiger partial charge on any atom is -0.288 e. The van der Waals surface area contributed by atoms with Crippen molar-refractivity contribution in [1.82, 2.24) is 4.98 Å². The van der Waals surface area contributed by atoms with Crippen LogP contribution in [0, 0.1) is 12.8 Å². The van der Waals surface area contributed by atoms with Crippen molar-refractivity contribution in [2.75, 3.05) is 17.3 Å². The molecule has 2 rings (SSSR count). The average molecular weight is 265 g/mol. The van der Waals surface area contributed by atoms with Gasteiger partial charge in [0.25, 0.3) is 0 Å². The summed E-state index contributed by atoms with van der Waals surface area (Å²) in [4.78, 5) is 17.6. The summed E-state index contributed by atoms with van der Waals surface area (Å²) in [6, 6.07) is 0. The van der Waals surface area contributed by atoms with Gasteiger partial charge < -0.3 is 0 Å². The molecule has 1 amide bonds. The summed E-state index contributed by atoms with van der Waals surface area (Å²) in [5.41, 5.74) is 0.777. The normalized spacial score (nSPS) is 21.4. The highest BCUT2D eigenvalue weighted by atomic mass is 35.5. The lowest BCUT2D eigenvalue weighted by atomic mass is 10.2. The lowest BCUT2D eigenvalue weighted by Crippen LogP contribution is -2.24. The van der Waals surface area contributed by atoms with Crippen LogP contribution in [0.15, 0.2) is 0 Å². The quantitative estimate of drug-likeness (QED) is 0.770. The monoisotopic (exact) mass is 264 g/mol. The minimum atomic E-state index is 0.0890. The lowest BCUT2D eigenvalue weighted by Gasteiger charge is -2.11. The molecule has 0 N–H and O–H groups in total. The van der Waals surface area contributed by atoms with Crippen LogP contribution in [-0.4, -0.2) is 23.3 Å². The maximum atomic E-state index is 11.7. The van der Waals surface area contributed by atoms with Crippen molar-refractivity contribution in [2.24, 2.45) is 5.92 Å². The van der Waals surface area contributed by atoms with Crippen molar-refractivity contribution >= 4 is 45.6 Å². The second-order valence-electron chi connectivity index (χ2n) is 3.58. The predicted molar refractivity (Wildman–Crippen MR) is 63.0 cm³/mol. The molecule has 82 valence electrons. The van der Waals surface area contributed by atoms with E-state index in [1.165, 1.54) is 11.3 Å². The molecular formula is C9H10Cl2N2OS. The highest BCUT2D eigenvalue weighted by molar-refractivity contribution is 7.19. The number of halogens is 2. The fourth-order valence-electron chi connectivity index (χ4n) is 1.55. The van der Waals surface area contributed by atoms with Crippen LogP contribution < -0.4 is 4.90 Å². The molecular weight excluding hydrogens is 255 g/mol. The molecule has 2 heterocycles. The van der Waals surface area contributed by atoms with Gasteiger partial charge in [0.15, 0.2) is 5.13 Å². The van der Waals surface area contributed by atoms with Crippen LogP contribution in [0.5, 0.6) is 0 Å². The standard InChI is InChI=1S/C9H10Cl2N2OS/c1-5-8(11)15-9(12-5)13-4-6(3-10)2-7(13)14/h6H,2-4H2,1H3. The van der Waals surface area contributed by atoms with E-state index in [2.05, 4.69) is 4.98 Å². The van der Waals surface area contributed by atoms with Crippen LogP contribution in [0.3, 0.4) is 0 Å². The number of thiazole rings is 1. The predicted octanol–water partition coefficient (Wildman–Crippen LogP) is 2.70. The molecule has 1 saturated heterocycles. The van der Waals surface area contributed by atoms with E-state index in [1.807, 2.05) is 6.92 Å². The minimum absolute atomic E-state index is 0.0890. The fraction of sp³-hybridized carbons (Fsp3) is 0.556. The molecule has 1 aliphatic rings. The Kier molecular flexibility index (Phi) is 3.19. The first kappa shape index (κ1) is 11.2. The Morgan fingerprint density at radius 2 is 2.40 bits per heavy atom. The van der Waals surface area contributed by atoms with Gasteiger partial charge in [0.2, 0.25) is 5.91 Å². The molecule has 1 fully saturated rings. The maximum absolute atomic E-state index is 11.7. The van der Waals surface area contributed by atoms with Crippen LogP contribution >= 0.6 is 34.5 Å². The molecule has 1 aliphatic heterocycles. The van der Waals surface area contributed by atoms with Crippen molar-refractivity contribution in [2.45, 2.75) is 13.3 Å². The molecule has 1 aromatic rings. The smallest absolute Gasteiger partial charge is 0.229 e. The summed E-state index contributed by atoms with van der Waals surface area (Å²) in [6.07, 6.45) is 0.514. The first-order valence-electron chi connectivity index (χ1n) is 4.61. The number of hydrogen-bond donors (Lipinski definition) is 0. The number of aromatic nitrogens is 1. The molecule has 15 heavy (non-hydrogen) atoms. The number of rotatable bonds is 2. The zero-order chi connectivity index (χ0) is 11.0. The molecule has 0 saturated carbocycles. The number of carbonyl (C=O) groups is 1. The number of hydrogen-bond acceptors (Lipinski definition) is 3. The van der Waals surface area contributed by atoms with Gasteiger partial charge in [-0.2, -0.15) is 0 Å². The van der Waals surface area contributed by atoms with Gasteiger partial charge in [-0.25, -0.2) is 4.98 Å². The summed E-state index contributed by atoms with van der Waals surface area (Å²) >= 11 is 13.0. The van der Waals surface area contributed by atoms with Crippen LogP contribution in [0.4, 0.5) is 5.13 Å². The van der Waals surface area contributed by atoms with Gasteiger partial charge in [0.05, 0.1) is 5.69 Å². The molecule has 0 bridgehead atoms. The molecule has 1 aromatic heterocycles. The van der Waals surface area contributed by atoms with Gasteiger partial charge in [-0.3, -0.25) is 9.69 Å². The SMILES string of the molecule is Cc1nc(N2CC(CCl)CC2=O)sc1Cl. The topological polar surface area (TPSA) is 33.2 Å². The Labute approximate surface area is 102 Å². The van der Waals surface area contributed by atoms with Crippen molar-refractivity contribution in [3.05, 3.63) is 10.0 Å². The van der Waals surface area contributed by atoms with E-state index in [0.717, 1.165) is 5.69 Å². The second-order valence-corrected chi connectivity index (χ2v) is 5.47. The second kappa shape index (κ2) is 4.28.